The van der Waals surface area contributed by atoms with Crippen LogP contribution in [0.3, 0.4) is 0 Å². The van der Waals surface area contributed by atoms with Gasteiger partial charge in [0, 0.05) is 75.1 Å². The molecule has 11 heteroatoms. The number of benzene rings is 2. The van der Waals surface area contributed by atoms with Crippen LogP contribution in [-0.4, -0.2) is 119 Å². The van der Waals surface area contributed by atoms with Crippen LogP contribution in [-0.2, 0) is 17.8 Å². The Balaban J connectivity index is 1.10. The molecule has 2 aromatic rings. The number of likely N-dealkylation sites (N-methyl/N-ethyl adjacent to an activating group) is 1. The van der Waals surface area contributed by atoms with E-state index in [0.29, 0.717) is 67.9 Å². The Morgan fingerprint density at radius 1 is 1.04 bits per heavy atom. The maximum absolute atomic E-state index is 14.2. The number of amides is 3. The molecule has 1 unspecified atom stereocenters. The van der Waals surface area contributed by atoms with E-state index < -0.39 is 12.1 Å². The van der Waals surface area contributed by atoms with Crippen molar-refractivity contribution in [2.24, 2.45) is 5.92 Å². The van der Waals surface area contributed by atoms with Gasteiger partial charge in [0.05, 0.1) is 10.7 Å². The lowest BCUT2D eigenvalue weighted by molar-refractivity contribution is -0.140. The number of anilines is 2. The van der Waals surface area contributed by atoms with Gasteiger partial charge < -0.3 is 30.9 Å². The maximum atomic E-state index is 14.2. The molecule has 4 aliphatic rings. The number of fused-ring (bicyclic) bond motifs is 1. The van der Waals surface area contributed by atoms with E-state index in [9.17, 15) is 14.7 Å². The van der Waals surface area contributed by atoms with Crippen LogP contribution in [0, 0.1) is 18.3 Å². The molecule has 0 aliphatic carbocycles. The fourth-order valence-corrected chi connectivity index (χ4v) is 8.27. The lowest BCUT2D eigenvalue weighted by Crippen LogP contribution is -2.53. The molecule has 10 nitrogen and oxygen atoms in total. The van der Waals surface area contributed by atoms with Crippen molar-refractivity contribution in [3.05, 3.63) is 58.1 Å². The van der Waals surface area contributed by atoms with Gasteiger partial charge in [-0.25, -0.2) is 4.79 Å². The van der Waals surface area contributed by atoms with Crippen LogP contribution in [0.25, 0.3) is 0 Å². The van der Waals surface area contributed by atoms with Crippen molar-refractivity contribution in [3.63, 3.8) is 0 Å². The SMILES string of the molecule is C#Cc1cc(C[C@@H](CC(O)N2CCC(N3Cc4ccccc4NC3=O)CC2)C(=O)N2CCC(N3CCCN(C)CC3)CC2)cc(Cl)c1N. The molecule has 4 N–H and O–H groups in total. The summed E-state index contributed by atoms with van der Waals surface area (Å²) in [5.74, 6) is 2.23. The molecule has 258 valence electrons. The summed E-state index contributed by atoms with van der Waals surface area (Å²) in [6, 6.07) is 12.1. The van der Waals surface area contributed by atoms with E-state index in [-0.39, 0.29) is 18.0 Å². The highest BCUT2D eigenvalue weighted by molar-refractivity contribution is 6.33. The number of urea groups is 1. The first-order chi connectivity index (χ1) is 23.2. The van der Waals surface area contributed by atoms with Crippen molar-refractivity contribution in [3.8, 4) is 12.3 Å². The predicted molar refractivity (Wildman–Crippen MR) is 191 cm³/mol. The summed E-state index contributed by atoms with van der Waals surface area (Å²) < 4.78 is 0. The first-order valence-electron chi connectivity index (χ1n) is 17.5. The number of rotatable bonds is 8. The molecular weight excluding hydrogens is 626 g/mol. The topological polar surface area (TPSA) is 109 Å². The van der Waals surface area contributed by atoms with Gasteiger partial charge in [-0.15, -0.1) is 6.42 Å². The van der Waals surface area contributed by atoms with Gasteiger partial charge >= 0.3 is 6.03 Å². The Bertz CT molecular complexity index is 1500. The van der Waals surface area contributed by atoms with E-state index in [0.717, 1.165) is 68.7 Å². The number of aliphatic hydroxyl groups is 1. The van der Waals surface area contributed by atoms with Crippen LogP contribution in [0.15, 0.2) is 36.4 Å². The Morgan fingerprint density at radius 2 is 1.77 bits per heavy atom. The van der Waals surface area contributed by atoms with E-state index in [1.807, 2.05) is 34.1 Å². The summed E-state index contributed by atoms with van der Waals surface area (Å²) in [5.41, 5.74) is 9.80. The third-order valence-electron chi connectivity index (χ3n) is 10.9. The maximum Gasteiger partial charge on any atom is 0.322 e. The minimum absolute atomic E-state index is 0.0665. The second kappa shape index (κ2) is 15.5. The van der Waals surface area contributed by atoms with E-state index in [2.05, 4.69) is 39.1 Å². The normalized spacial score (nSPS) is 22.0. The molecule has 2 aromatic carbocycles. The summed E-state index contributed by atoms with van der Waals surface area (Å²) in [4.78, 5) is 38.1. The van der Waals surface area contributed by atoms with Gasteiger partial charge in [0.15, 0.2) is 0 Å². The quantitative estimate of drug-likeness (QED) is 0.288. The Hall–Kier alpha value is -3.33. The number of aliphatic hydroxyl groups excluding tert-OH is 1. The molecule has 0 spiro atoms. The van der Waals surface area contributed by atoms with Gasteiger partial charge in [0.2, 0.25) is 5.91 Å². The summed E-state index contributed by atoms with van der Waals surface area (Å²) in [5, 5.41) is 15.0. The number of likely N-dealkylation sites (tertiary alicyclic amines) is 2. The standard InChI is InChI=1S/C37H50ClN7O3/c1-3-27-21-26(23-32(38)35(27)39)22-29(36(47)44-17-9-30(10-18-44)42-14-6-13-41(2)19-20-42)24-34(46)43-15-11-31(12-16-43)45-25-28-7-4-5-8-33(28)40-37(45)48/h1,4-5,7-8,21,23,29-31,34,46H,6,9-20,22,24-25,39H2,2H3,(H,40,48)/t29-,34?/m0/s1. The number of hydrogen-bond donors (Lipinski definition) is 3. The molecule has 0 radical (unpaired) electrons. The first kappa shape index (κ1) is 34.5. The highest BCUT2D eigenvalue weighted by Crippen LogP contribution is 2.31. The van der Waals surface area contributed by atoms with E-state index in [4.69, 9.17) is 23.8 Å². The fraction of sp³-hybridized carbons (Fsp3) is 0.568. The highest BCUT2D eigenvalue weighted by Gasteiger charge is 2.36. The second-order valence-corrected chi connectivity index (χ2v) is 14.4. The van der Waals surface area contributed by atoms with Crippen molar-refractivity contribution in [2.45, 2.75) is 69.8 Å². The number of hydrogen-bond acceptors (Lipinski definition) is 7. The van der Waals surface area contributed by atoms with Gasteiger partial charge in [-0.05, 0) is 94.4 Å². The molecule has 48 heavy (non-hydrogen) atoms. The zero-order valence-corrected chi connectivity index (χ0v) is 28.9. The molecule has 3 fully saturated rings. The van der Waals surface area contributed by atoms with Gasteiger partial charge in [-0.1, -0.05) is 35.7 Å². The number of para-hydroxylation sites is 1. The van der Waals surface area contributed by atoms with Gasteiger partial charge in [-0.3, -0.25) is 14.6 Å². The van der Waals surface area contributed by atoms with Gasteiger partial charge in [0.1, 0.15) is 6.23 Å². The third kappa shape index (κ3) is 7.93. The monoisotopic (exact) mass is 675 g/mol. The number of nitrogens with two attached hydrogens (primary N) is 1. The number of terminal acetylenes is 1. The minimum atomic E-state index is -0.793. The third-order valence-corrected chi connectivity index (χ3v) is 11.3. The van der Waals surface area contributed by atoms with E-state index >= 15 is 0 Å². The zero-order valence-electron chi connectivity index (χ0n) is 28.1. The molecule has 4 heterocycles. The molecular formula is C37H50ClN7O3. The van der Waals surface area contributed by atoms with Crippen LogP contribution in [0.4, 0.5) is 16.2 Å². The first-order valence-corrected chi connectivity index (χ1v) is 17.9. The highest BCUT2D eigenvalue weighted by atomic mass is 35.5. The van der Waals surface area contributed by atoms with Gasteiger partial charge in [-0.2, -0.15) is 0 Å². The average Bonchev–Trinajstić information content (AvgIpc) is 3.33. The van der Waals surface area contributed by atoms with E-state index in [1.54, 1.807) is 6.07 Å². The van der Waals surface area contributed by atoms with Crippen LogP contribution < -0.4 is 11.1 Å². The number of nitrogens with zero attached hydrogens (tertiary/aromatic N) is 5. The second-order valence-electron chi connectivity index (χ2n) is 14.0. The van der Waals surface area contributed by atoms with Crippen LogP contribution in [0.2, 0.25) is 5.02 Å². The predicted octanol–water partition coefficient (Wildman–Crippen LogP) is 3.91. The molecule has 0 bridgehead atoms. The largest absolute Gasteiger partial charge is 0.397 e. The fourth-order valence-electron chi connectivity index (χ4n) is 8.02. The number of halogens is 1. The summed E-state index contributed by atoms with van der Waals surface area (Å²) >= 11 is 6.45. The van der Waals surface area contributed by atoms with Crippen LogP contribution in [0.1, 0.15) is 55.2 Å². The number of carbonyl (C=O) groups is 2. The van der Waals surface area contributed by atoms with Gasteiger partial charge in [0.25, 0.3) is 0 Å². The number of piperidine rings is 2. The Morgan fingerprint density at radius 3 is 2.52 bits per heavy atom. The smallest absolute Gasteiger partial charge is 0.322 e. The van der Waals surface area contributed by atoms with Crippen molar-refractivity contribution in [1.82, 2.24) is 24.5 Å². The van der Waals surface area contributed by atoms with E-state index in [1.165, 1.54) is 6.42 Å². The lowest BCUT2D eigenvalue weighted by Gasteiger charge is -2.42. The number of carbonyl (C=O) groups excluding carboxylic acids is 2. The Kier molecular flexibility index (Phi) is 11.1. The summed E-state index contributed by atoms with van der Waals surface area (Å²) in [7, 11) is 2.19. The van der Waals surface area contributed by atoms with Crippen LogP contribution >= 0.6 is 11.6 Å². The molecule has 2 atom stereocenters. The van der Waals surface area contributed by atoms with Crippen molar-refractivity contribution in [2.75, 3.05) is 70.5 Å². The Labute approximate surface area is 290 Å². The van der Waals surface area contributed by atoms with Crippen molar-refractivity contribution in [1.29, 1.82) is 0 Å². The molecule has 6 rings (SSSR count). The summed E-state index contributed by atoms with van der Waals surface area (Å²) in [6.07, 6.45) is 10.2. The number of nitrogens with one attached hydrogen (secondary N) is 1. The minimum Gasteiger partial charge on any atom is -0.397 e. The molecule has 0 aromatic heterocycles. The lowest BCUT2D eigenvalue weighted by atomic mass is 9.90. The van der Waals surface area contributed by atoms with Crippen LogP contribution in [0.5, 0.6) is 0 Å². The van der Waals surface area contributed by atoms with Crippen molar-refractivity contribution >= 4 is 34.9 Å². The number of nitrogen functional groups attached to an aromatic ring is 1. The average molecular weight is 676 g/mol. The summed E-state index contributed by atoms with van der Waals surface area (Å²) in [6.45, 7) is 7.70. The molecule has 0 saturated carbocycles. The zero-order chi connectivity index (χ0) is 33.8. The molecule has 3 saturated heterocycles. The van der Waals surface area contributed by atoms with Crippen molar-refractivity contribution < 1.29 is 14.7 Å². The molecule has 3 amide bonds. The molecule has 4 aliphatic heterocycles.